The van der Waals surface area contributed by atoms with Crippen LogP contribution in [0.3, 0.4) is 0 Å². The van der Waals surface area contributed by atoms with Gasteiger partial charge in [-0.3, -0.25) is 0 Å². The Hall–Kier alpha value is -2.60. The highest BCUT2D eigenvalue weighted by Crippen LogP contribution is 2.31. The lowest BCUT2D eigenvalue weighted by Gasteiger charge is -2.19. The number of nitrogens with zero attached hydrogens (tertiary/aromatic N) is 1. The van der Waals surface area contributed by atoms with Crippen molar-refractivity contribution in [2.45, 2.75) is 25.3 Å². The van der Waals surface area contributed by atoms with Gasteiger partial charge in [0.15, 0.2) is 0 Å². The number of rotatable bonds is 5. The number of ether oxygens (including phenoxy) is 1. The zero-order valence-electron chi connectivity index (χ0n) is 16.0. The van der Waals surface area contributed by atoms with Crippen LogP contribution in [0, 0.1) is 0 Å². The van der Waals surface area contributed by atoms with Crippen LogP contribution in [0.15, 0.2) is 36.5 Å². The molecule has 1 aliphatic heterocycles. The number of carboxylic acids is 1. The average molecular weight is 331 g/mol. The van der Waals surface area contributed by atoms with Gasteiger partial charge < -0.3 is 19.7 Å². The second kappa shape index (κ2) is 6.88. The molecule has 0 bridgehead atoms. The molecule has 2 N–H and O–H groups in total. The van der Waals surface area contributed by atoms with Crippen LogP contribution < -0.4 is 4.74 Å². The Kier molecular flexibility index (Phi) is 3.66. The number of H-pyrrole nitrogens is 1. The second-order valence-corrected chi connectivity index (χ2v) is 5.78. The maximum absolute atomic E-state index is 11.9. The molecule has 6 heteroatoms. The van der Waals surface area contributed by atoms with Crippen LogP contribution in [-0.4, -0.2) is 46.5 Å². The number of benzene rings is 1. The summed E-state index contributed by atoms with van der Waals surface area (Å²) >= 11 is 0. The molecule has 0 radical (unpaired) electrons. The fraction of sp³-hybridized carbons (Fsp3) is 0.333. The maximum atomic E-state index is 11.9. The third-order valence-corrected chi connectivity index (χ3v) is 4.15. The zero-order valence-corrected chi connectivity index (χ0v) is 13.0. The molecule has 2 heterocycles. The Labute approximate surface area is 143 Å². The molecule has 1 saturated heterocycles. The van der Waals surface area contributed by atoms with Crippen LogP contribution in [0.2, 0.25) is 0 Å². The van der Waals surface area contributed by atoms with Gasteiger partial charge in [-0.15, -0.1) is 0 Å². The minimum absolute atomic E-state index is 0.118. The smallest absolute Gasteiger partial charge is 0.336 e. The van der Waals surface area contributed by atoms with Gasteiger partial charge in [0, 0.05) is 39.4 Å². The SMILES string of the molecule is [2H]C([2H])([2H])N1CCC[C@@H]1Cc1c[nH]c2cccc(OC(=O)/C=C\C(=O)O)c12. The van der Waals surface area contributed by atoms with E-state index in [-0.39, 0.29) is 6.04 Å². The van der Waals surface area contributed by atoms with Gasteiger partial charge in [-0.1, -0.05) is 6.07 Å². The first-order valence-electron chi connectivity index (χ1n) is 9.24. The van der Waals surface area contributed by atoms with Gasteiger partial charge >= 0.3 is 11.9 Å². The van der Waals surface area contributed by atoms with Crippen molar-refractivity contribution in [3.63, 3.8) is 0 Å². The van der Waals surface area contributed by atoms with Crippen molar-refractivity contribution in [1.29, 1.82) is 0 Å². The standard InChI is InChI=1S/C18H20N2O4/c1-20-9-3-4-13(20)10-12-11-19-14-5-2-6-15(18(12)14)24-17(23)8-7-16(21)22/h2,5-8,11,13,19H,3-4,9-10H2,1H3,(H,21,22)/b8-7-/t13-/m1/s1/i1D3. The summed E-state index contributed by atoms with van der Waals surface area (Å²) in [6.07, 6.45) is 5.48. The molecular weight excluding hydrogens is 308 g/mol. The van der Waals surface area contributed by atoms with E-state index in [1.807, 2.05) is 6.07 Å². The normalized spacial score (nSPS) is 20.8. The van der Waals surface area contributed by atoms with E-state index < -0.39 is 18.9 Å². The number of hydrogen-bond acceptors (Lipinski definition) is 4. The molecule has 3 rings (SSSR count). The van der Waals surface area contributed by atoms with Gasteiger partial charge in [0.2, 0.25) is 0 Å². The van der Waals surface area contributed by atoms with Crippen LogP contribution in [0.1, 0.15) is 22.5 Å². The number of hydrogen-bond donors (Lipinski definition) is 2. The first kappa shape index (κ1) is 12.8. The molecule has 1 aromatic carbocycles. The average Bonchev–Trinajstić information content (AvgIpc) is 3.21. The van der Waals surface area contributed by atoms with Crippen LogP contribution in [0.25, 0.3) is 10.9 Å². The van der Waals surface area contributed by atoms with Crippen molar-refractivity contribution in [1.82, 2.24) is 9.88 Å². The van der Waals surface area contributed by atoms with Crippen LogP contribution in [0.5, 0.6) is 5.75 Å². The molecule has 1 aromatic heterocycles. The highest BCUT2D eigenvalue weighted by atomic mass is 16.5. The summed E-state index contributed by atoms with van der Waals surface area (Å²) in [6.45, 7) is -1.60. The minimum Gasteiger partial charge on any atom is -0.478 e. The number of nitrogens with one attached hydrogen (secondary N) is 1. The molecule has 24 heavy (non-hydrogen) atoms. The lowest BCUT2D eigenvalue weighted by Crippen LogP contribution is -2.26. The molecule has 6 nitrogen and oxygen atoms in total. The number of aromatic nitrogens is 1. The number of carbonyl (C=O) groups is 2. The van der Waals surface area contributed by atoms with E-state index in [0.717, 1.165) is 30.0 Å². The van der Waals surface area contributed by atoms with Crippen molar-refractivity contribution in [3.05, 3.63) is 42.1 Å². The highest BCUT2D eigenvalue weighted by molar-refractivity contribution is 5.95. The quantitative estimate of drug-likeness (QED) is 0.499. The molecule has 0 amide bonds. The topological polar surface area (TPSA) is 82.6 Å². The lowest BCUT2D eigenvalue weighted by molar-refractivity contribution is -0.133. The van der Waals surface area contributed by atoms with Crippen molar-refractivity contribution < 1.29 is 23.5 Å². The number of esters is 1. The minimum atomic E-state index is -2.13. The fourth-order valence-electron chi connectivity index (χ4n) is 3.05. The van der Waals surface area contributed by atoms with E-state index in [1.165, 1.54) is 4.90 Å². The maximum Gasteiger partial charge on any atom is 0.336 e. The summed E-state index contributed by atoms with van der Waals surface area (Å²) < 4.78 is 28.4. The molecule has 1 fully saturated rings. The Bertz CT molecular complexity index is 888. The third-order valence-electron chi connectivity index (χ3n) is 4.15. The van der Waals surface area contributed by atoms with E-state index in [2.05, 4.69) is 4.98 Å². The molecule has 0 saturated carbocycles. The number of likely N-dealkylation sites (N-methyl/N-ethyl adjacent to an activating group) is 1. The molecular formula is C18H20N2O4. The number of likely N-dealkylation sites (tertiary alicyclic amines) is 1. The van der Waals surface area contributed by atoms with Gasteiger partial charge in [0.1, 0.15) is 5.75 Å². The highest BCUT2D eigenvalue weighted by Gasteiger charge is 2.23. The Morgan fingerprint density at radius 1 is 1.50 bits per heavy atom. The summed E-state index contributed by atoms with van der Waals surface area (Å²) in [6, 6.07) is 5.06. The van der Waals surface area contributed by atoms with Crippen molar-refractivity contribution >= 4 is 22.8 Å². The first-order valence-corrected chi connectivity index (χ1v) is 7.74. The van der Waals surface area contributed by atoms with E-state index in [0.29, 0.717) is 30.2 Å². The first-order chi connectivity index (χ1) is 12.8. The van der Waals surface area contributed by atoms with E-state index in [1.54, 1.807) is 18.3 Å². The largest absolute Gasteiger partial charge is 0.478 e. The summed E-state index contributed by atoms with van der Waals surface area (Å²) in [5, 5.41) is 9.31. The number of carboxylic acid groups (broad SMARTS) is 1. The summed E-state index contributed by atoms with van der Waals surface area (Å²) in [4.78, 5) is 27.0. The van der Waals surface area contributed by atoms with E-state index in [9.17, 15) is 9.59 Å². The van der Waals surface area contributed by atoms with Crippen LogP contribution >= 0.6 is 0 Å². The van der Waals surface area contributed by atoms with Crippen LogP contribution in [-0.2, 0) is 16.0 Å². The molecule has 2 aromatic rings. The van der Waals surface area contributed by atoms with Gasteiger partial charge in [-0.05, 0) is 50.5 Å². The number of carbonyl (C=O) groups excluding carboxylic acids is 1. The second-order valence-electron chi connectivity index (χ2n) is 5.78. The number of aliphatic carboxylic acids is 1. The number of aromatic amines is 1. The molecule has 126 valence electrons. The Balaban J connectivity index is 1.87. The Morgan fingerprint density at radius 2 is 2.38 bits per heavy atom. The monoisotopic (exact) mass is 331 g/mol. The van der Waals surface area contributed by atoms with Crippen molar-refractivity contribution in [2.24, 2.45) is 0 Å². The lowest BCUT2D eigenvalue weighted by atomic mass is 10.0. The molecule has 0 unspecified atom stereocenters. The number of fused-ring (bicyclic) bond motifs is 1. The van der Waals surface area contributed by atoms with Crippen molar-refractivity contribution in [2.75, 3.05) is 13.5 Å². The van der Waals surface area contributed by atoms with E-state index in [4.69, 9.17) is 14.0 Å². The van der Waals surface area contributed by atoms with Gasteiger partial charge in [-0.25, -0.2) is 9.59 Å². The fourth-order valence-corrected chi connectivity index (χ4v) is 3.05. The summed E-state index contributed by atoms with van der Waals surface area (Å²) in [5.74, 6) is -1.72. The molecule has 1 atom stereocenters. The van der Waals surface area contributed by atoms with E-state index >= 15 is 0 Å². The Morgan fingerprint density at radius 3 is 3.17 bits per heavy atom. The predicted octanol–water partition coefficient (Wildman–Crippen LogP) is 2.35. The van der Waals surface area contributed by atoms with Crippen LogP contribution in [0.4, 0.5) is 0 Å². The molecule has 1 aliphatic rings. The van der Waals surface area contributed by atoms with Crippen molar-refractivity contribution in [3.8, 4) is 5.75 Å². The van der Waals surface area contributed by atoms with Gasteiger partial charge in [0.25, 0.3) is 0 Å². The summed E-state index contributed by atoms with van der Waals surface area (Å²) in [5.41, 5.74) is 1.62. The zero-order chi connectivity index (χ0) is 19.6. The molecule has 0 aliphatic carbocycles. The van der Waals surface area contributed by atoms with Gasteiger partial charge in [-0.2, -0.15) is 0 Å². The van der Waals surface area contributed by atoms with Gasteiger partial charge in [0.05, 0.1) is 0 Å². The third kappa shape index (κ3) is 3.49. The predicted molar refractivity (Wildman–Crippen MR) is 90.1 cm³/mol. The molecule has 0 spiro atoms. The summed E-state index contributed by atoms with van der Waals surface area (Å²) in [7, 11) is 0.